The van der Waals surface area contributed by atoms with Gasteiger partial charge in [-0.15, -0.1) is 0 Å². The van der Waals surface area contributed by atoms with Crippen LogP contribution in [0.2, 0.25) is 0 Å². The molecule has 14 heavy (non-hydrogen) atoms. The van der Waals surface area contributed by atoms with Gasteiger partial charge < -0.3 is 9.87 Å². The second-order valence-corrected chi connectivity index (χ2v) is 4.45. The Morgan fingerprint density at radius 1 is 1.21 bits per heavy atom. The van der Waals surface area contributed by atoms with Crippen LogP contribution in [0.5, 0.6) is 0 Å². The van der Waals surface area contributed by atoms with Crippen LogP contribution in [0.15, 0.2) is 30.3 Å². The van der Waals surface area contributed by atoms with Crippen LogP contribution in [-0.2, 0) is 16.7 Å². The molecule has 0 fully saturated rings. The summed E-state index contributed by atoms with van der Waals surface area (Å²) in [5, 5.41) is 2.88. The van der Waals surface area contributed by atoms with Gasteiger partial charge in [-0.3, -0.25) is 0 Å². The van der Waals surface area contributed by atoms with Crippen molar-refractivity contribution in [3.63, 3.8) is 0 Å². The fourth-order valence-corrected chi connectivity index (χ4v) is 1.42. The summed E-state index contributed by atoms with van der Waals surface area (Å²) < 4.78 is 30.7. The summed E-state index contributed by atoms with van der Waals surface area (Å²) in [6.45, 7) is 0.775. The maximum Gasteiger partial charge on any atom is 0.0958 e. The first-order valence-electron chi connectivity index (χ1n) is 4.26. The van der Waals surface area contributed by atoms with E-state index in [4.69, 9.17) is 0 Å². The first-order valence-corrected chi connectivity index (χ1v) is 5.84. The van der Waals surface area contributed by atoms with Gasteiger partial charge in [0, 0.05) is 13.1 Å². The molecule has 0 radical (unpaired) electrons. The summed E-state index contributed by atoms with van der Waals surface area (Å²) in [5.41, 5.74) is 1.07. The van der Waals surface area contributed by atoms with Gasteiger partial charge in [-0.05, 0) is 5.56 Å². The Bertz CT molecular complexity index is 361. The van der Waals surface area contributed by atoms with E-state index in [1.807, 2.05) is 30.3 Å². The highest BCUT2D eigenvalue weighted by Gasteiger charge is 1.94. The molecule has 0 aliphatic heterocycles. The Morgan fingerprint density at radius 3 is 2.43 bits per heavy atom. The van der Waals surface area contributed by atoms with Crippen molar-refractivity contribution in [1.29, 1.82) is 0 Å². The van der Waals surface area contributed by atoms with Crippen molar-refractivity contribution in [2.24, 2.45) is 0 Å². The van der Waals surface area contributed by atoms with Gasteiger partial charge in [0.1, 0.15) is 0 Å². The second-order valence-electron chi connectivity index (χ2n) is 2.92. The molecule has 0 saturated heterocycles. The number of benzene rings is 1. The highest BCUT2D eigenvalue weighted by Crippen LogP contribution is 1.96. The number of hydrogen-bond acceptors (Lipinski definition) is 4. The molecule has 0 atom stereocenters. The molecule has 4 nitrogen and oxygen atoms in total. The molecule has 0 aliphatic rings. The van der Waals surface area contributed by atoms with Crippen LogP contribution in [0.4, 0.5) is 0 Å². The molecule has 0 aromatic heterocycles. The second kappa shape index (κ2) is 5.09. The smallest absolute Gasteiger partial charge is 0.0958 e. The maximum atomic E-state index is 10.2. The normalized spacial score (nSPS) is 11.5. The van der Waals surface area contributed by atoms with Crippen molar-refractivity contribution >= 4 is 10.1 Å². The molecular weight excluding hydrogens is 202 g/mol. The van der Waals surface area contributed by atoms with E-state index in [1.54, 1.807) is 0 Å². The highest BCUT2D eigenvalue weighted by atomic mass is 32.2. The molecule has 1 rings (SSSR count). The lowest BCUT2D eigenvalue weighted by molar-refractivity contribution is 0.461. The van der Waals surface area contributed by atoms with Crippen molar-refractivity contribution < 1.29 is 13.0 Å². The largest absolute Gasteiger partial charge is 0.748 e. The Morgan fingerprint density at radius 2 is 1.86 bits per heavy atom. The Balaban J connectivity index is 2.23. The molecule has 5 heteroatoms. The SMILES string of the molecule is O=S(=O)([O-])CCNCc1ccccc1. The van der Waals surface area contributed by atoms with Gasteiger partial charge in [0.15, 0.2) is 0 Å². The minimum atomic E-state index is -4.09. The number of rotatable bonds is 5. The van der Waals surface area contributed by atoms with Crippen molar-refractivity contribution in [1.82, 2.24) is 5.32 Å². The molecule has 78 valence electrons. The fraction of sp³-hybridized carbons (Fsp3) is 0.333. The number of nitrogens with one attached hydrogen (secondary N) is 1. The lowest BCUT2D eigenvalue weighted by Crippen LogP contribution is -2.22. The Kier molecular flexibility index (Phi) is 4.06. The Labute approximate surface area is 83.7 Å². The third-order valence-electron chi connectivity index (χ3n) is 1.70. The summed E-state index contributed by atoms with van der Waals surface area (Å²) in [7, 11) is -4.09. The molecule has 1 N–H and O–H groups in total. The zero-order valence-corrected chi connectivity index (χ0v) is 8.46. The molecule has 0 unspecified atom stereocenters. The summed E-state index contributed by atoms with van der Waals surface area (Å²) in [5.74, 6) is -0.361. The van der Waals surface area contributed by atoms with Crippen molar-refractivity contribution in [3.8, 4) is 0 Å². The first-order chi connectivity index (χ1) is 6.58. The van der Waals surface area contributed by atoms with Crippen molar-refractivity contribution in [2.75, 3.05) is 12.3 Å². The van der Waals surface area contributed by atoms with E-state index in [2.05, 4.69) is 5.32 Å². The van der Waals surface area contributed by atoms with Crippen LogP contribution >= 0.6 is 0 Å². The third-order valence-corrected chi connectivity index (χ3v) is 2.40. The Hall–Kier alpha value is -0.910. The molecule has 0 saturated carbocycles. The van der Waals surface area contributed by atoms with Crippen LogP contribution in [0.3, 0.4) is 0 Å². The third kappa shape index (κ3) is 4.96. The monoisotopic (exact) mass is 214 g/mol. The molecule has 1 aromatic rings. The van der Waals surface area contributed by atoms with E-state index in [9.17, 15) is 13.0 Å². The van der Waals surface area contributed by atoms with E-state index in [0.29, 0.717) is 6.54 Å². The summed E-state index contributed by atoms with van der Waals surface area (Å²) in [6, 6.07) is 9.58. The molecule has 0 aliphatic carbocycles. The van der Waals surface area contributed by atoms with Gasteiger partial charge >= 0.3 is 0 Å². The topological polar surface area (TPSA) is 69.2 Å². The van der Waals surface area contributed by atoms with Gasteiger partial charge in [0.05, 0.1) is 15.9 Å². The van der Waals surface area contributed by atoms with E-state index >= 15 is 0 Å². The van der Waals surface area contributed by atoms with Crippen LogP contribution in [0, 0.1) is 0 Å². The van der Waals surface area contributed by atoms with E-state index in [0.717, 1.165) is 5.56 Å². The van der Waals surface area contributed by atoms with E-state index < -0.39 is 10.1 Å². The molecule has 0 amide bonds. The van der Waals surface area contributed by atoms with Gasteiger partial charge in [-0.2, -0.15) is 0 Å². The lowest BCUT2D eigenvalue weighted by Gasteiger charge is -2.07. The summed E-state index contributed by atoms with van der Waals surface area (Å²) in [6.07, 6.45) is 0. The highest BCUT2D eigenvalue weighted by molar-refractivity contribution is 7.85. The predicted octanol–water partition coefficient (Wildman–Crippen LogP) is 0.321. The van der Waals surface area contributed by atoms with Crippen molar-refractivity contribution in [2.45, 2.75) is 6.54 Å². The molecular formula is C9H12NO3S-. The standard InChI is InChI=1S/C9H13NO3S/c11-14(12,13)7-6-10-8-9-4-2-1-3-5-9/h1-5,10H,6-8H2,(H,11,12,13)/p-1. The zero-order valence-electron chi connectivity index (χ0n) is 7.64. The average molecular weight is 214 g/mol. The van der Waals surface area contributed by atoms with Crippen LogP contribution < -0.4 is 5.32 Å². The zero-order chi connectivity index (χ0) is 10.4. The van der Waals surface area contributed by atoms with E-state index in [-0.39, 0.29) is 12.3 Å². The number of hydrogen-bond donors (Lipinski definition) is 1. The quantitative estimate of drug-likeness (QED) is 0.566. The van der Waals surface area contributed by atoms with Crippen molar-refractivity contribution in [3.05, 3.63) is 35.9 Å². The van der Waals surface area contributed by atoms with Gasteiger partial charge in [-0.25, -0.2) is 8.42 Å². The molecule has 0 spiro atoms. The molecule has 1 aromatic carbocycles. The fourth-order valence-electron chi connectivity index (χ4n) is 1.03. The van der Waals surface area contributed by atoms with Gasteiger partial charge in [-0.1, -0.05) is 30.3 Å². The maximum absolute atomic E-state index is 10.2. The lowest BCUT2D eigenvalue weighted by atomic mass is 10.2. The summed E-state index contributed by atoms with van der Waals surface area (Å²) in [4.78, 5) is 0. The van der Waals surface area contributed by atoms with E-state index in [1.165, 1.54) is 0 Å². The average Bonchev–Trinajstić information content (AvgIpc) is 2.13. The molecule has 0 heterocycles. The van der Waals surface area contributed by atoms with Gasteiger partial charge in [0.2, 0.25) is 0 Å². The molecule has 0 bridgehead atoms. The summed E-state index contributed by atoms with van der Waals surface area (Å²) >= 11 is 0. The van der Waals surface area contributed by atoms with Crippen LogP contribution in [0.1, 0.15) is 5.56 Å². The van der Waals surface area contributed by atoms with Gasteiger partial charge in [0.25, 0.3) is 0 Å². The van der Waals surface area contributed by atoms with Crippen LogP contribution in [-0.4, -0.2) is 25.3 Å². The van der Waals surface area contributed by atoms with Crippen LogP contribution in [0.25, 0.3) is 0 Å². The minimum Gasteiger partial charge on any atom is -0.748 e. The first kappa shape index (κ1) is 11.2. The predicted molar refractivity (Wildman–Crippen MR) is 52.7 cm³/mol. The minimum absolute atomic E-state index is 0.195.